The number of carbonyl (C=O) groups is 2. The minimum Gasteiger partial charge on any atom is -0.483 e. The molecule has 1 aliphatic heterocycles. The van der Waals surface area contributed by atoms with Crippen LogP contribution in [-0.2, 0) is 4.79 Å². The molecule has 1 unspecified atom stereocenters. The third kappa shape index (κ3) is 3.84. The van der Waals surface area contributed by atoms with Gasteiger partial charge in [-0.3, -0.25) is 9.59 Å². The lowest BCUT2D eigenvalue weighted by Crippen LogP contribution is -2.45. The van der Waals surface area contributed by atoms with Crippen LogP contribution in [-0.4, -0.2) is 35.8 Å². The summed E-state index contributed by atoms with van der Waals surface area (Å²) in [5, 5.41) is 0. The zero-order chi connectivity index (χ0) is 16.1. The predicted octanol–water partition coefficient (Wildman–Crippen LogP) is 3.20. The molecule has 0 aromatic heterocycles. The quantitative estimate of drug-likeness (QED) is 0.785. The summed E-state index contributed by atoms with van der Waals surface area (Å²) in [4.78, 5) is 25.7. The lowest BCUT2D eigenvalue weighted by atomic mass is 10.00. The number of likely N-dealkylation sites (tertiary alicyclic amines) is 1. The number of rotatable bonds is 5. The summed E-state index contributed by atoms with van der Waals surface area (Å²) in [5.41, 5.74) is 0.165. The van der Waals surface area contributed by atoms with Crippen molar-refractivity contribution in [3.05, 3.63) is 29.6 Å². The molecule has 1 atom stereocenters. The highest BCUT2D eigenvalue weighted by Gasteiger charge is 2.25. The standard InChI is InChI=1S/C17H22FNO3/c1-3-14-6-4-5-9-19(14)17(21)11-22-16-8-7-13(18)10-15(16)12(2)20/h7-8,10,14H,3-6,9,11H2,1-2H3. The number of Topliss-reactive ketones (excluding diaryl/α,β-unsaturated/α-hetero) is 1. The van der Waals surface area contributed by atoms with E-state index in [2.05, 4.69) is 6.92 Å². The van der Waals surface area contributed by atoms with Crippen molar-refractivity contribution in [2.24, 2.45) is 0 Å². The lowest BCUT2D eigenvalue weighted by Gasteiger charge is -2.35. The van der Waals surface area contributed by atoms with E-state index in [0.29, 0.717) is 0 Å². The third-order valence-electron chi connectivity index (χ3n) is 4.09. The number of nitrogens with zero attached hydrogens (tertiary/aromatic N) is 1. The second-order valence-corrected chi connectivity index (χ2v) is 5.63. The maximum Gasteiger partial charge on any atom is 0.260 e. The van der Waals surface area contributed by atoms with Crippen molar-refractivity contribution in [1.82, 2.24) is 4.90 Å². The number of benzene rings is 1. The first-order chi connectivity index (χ1) is 10.5. The van der Waals surface area contributed by atoms with E-state index in [9.17, 15) is 14.0 Å². The highest BCUT2D eigenvalue weighted by Crippen LogP contribution is 2.22. The van der Waals surface area contributed by atoms with Gasteiger partial charge in [0.1, 0.15) is 11.6 Å². The molecule has 1 aromatic carbocycles. The van der Waals surface area contributed by atoms with Gasteiger partial charge in [0, 0.05) is 12.6 Å². The number of ketones is 1. The summed E-state index contributed by atoms with van der Waals surface area (Å²) >= 11 is 0. The molecule has 0 N–H and O–H groups in total. The molecule has 2 rings (SSSR count). The number of piperidine rings is 1. The minimum absolute atomic E-state index is 0.0784. The zero-order valence-electron chi connectivity index (χ0n) is 13.1. The maximum absolute atomic E-state index is 13.2. The van der Waals surface area contributed by atoms with Crippen molar-refractivity contribution < 1.29 is 18.7 Å². The molecular formula is C17H22FNO3. The molecule has 1 aliphatic rings. The monoisotopic (exact) mass is 307 g/mol. The van der Waals surface area contributed by atoms with E-state index in [1.54, 1.807) is 0 Å². The van der Waals surface area contributed by atoms with Crippen LogP contribution in [0.5, 0.6) is 5.75 Å². The Morgan fingerprint density at radius 3 is 2.82 bits per heavy atom. The molecular weight excluding hydrogens is 285 g/mol. The van der Waals surface area contributed by atoms with Crippen molar-refractivity contribution >= 4 is 11.7 Å². The van der Waals surface area contributed by atoms with Crippen LogP contribution in [0.25, 0.3) is 0 Å². The van der Waals surface area contributed by atoms with Crippen LogP contribution in [0.4, 0.5) is 4.39 Å². The molecule has 4 nitrogen and oxygen atoms in total. The van der Waals surface area contributed by atoms with Crippen LogP contribution >= 0.6 is 0 Å². The van der Waals surface area contributed by atoms with Crippen molar-refractivity contribution in [2.45, 2.75) is 45.6 Å². The van der Waals surface area contributed by atoms with Gasteiger partial charge in [-0.1, -0.05) is 6.92 Å². The van der Waals surface area contributed by atoms with Gasteiger partial charge in [-0.2, -0.15) is 0 Å². The van der Waals surface area contributed by atoms with Gasteiger partial charge >= 0.3 is 0 Å². The van der Waals surface area contributed by atoms with Crippen LogP contribution in [0.2, 0.25) is 0 Å². The van der Waals surface area contributed by atoms with Crippen LogP contribution in [0.1, 0.15) is 49.9 Å². The second kappa shape index (κ2) is 7.38. The molecule has 0 aliphatic carbocycles. The van der Waals surface area contributed by atoms with Crippen molar-refractivity contribution in [3.63, 3.8) is 0 Å². The Balaban J connectivity index is 2.03. The maximum atomic E-state index is 13.2. The van der Waals surface area contributed by atoms with E-state index in [4.69, 9.17) is 4.74 Å². The minimum atomic E-state index is -0.494. The van der Waals surface area contributed by atoms with Crippen molar-refractivity contribution in [2.75, 3.05) is 13.2 Å². The smallest absolute Gasteiger partial charge is 0.260 e. The third-order valence-corrected chi connectivity index (χ3v) is 4.09. The van der Waals surface area contributed by atoms with Crippen molar-refractivity contribution in [1.29, 1.82) is 0 Å². The van der Waals surface area contributed by atoms with Crippen LogP contribution < -0.4 is 4.74 Å². The van der Waals surface area contributed by atoms with Crippen LogP contribution in [0.3, 0.4) is 0 Å². The SMILES string of the molecule is CCC1CCCCN1C(=O)COc1ccc(F)cc1C(C)=O. The largest absolute Gasteiger partial charge is 0.483 e. The Kier molecular flexibility index (Phi) is 5.52. The second-order valence-electron chi connectivity index (χ2n) is 5.63. The van der Waals surface area contributed by atoms with Gasteiger partial charge in [-0.15, -0.1) is 0 Å². The zero-order valence-corrected chi connectivity index (χ0v) is 13.1. The Bertz CT molecular complexity index is 559. The molecule has 0 saturated carbocycles. The van der Waals surface area contributed by atoms with Gasteiger partial charge in [0.25, 0.3) is 5.91 Å². The molecule has 1 saturated heterocycles. The molecule has 0 bridgehead atoms. The molecule has 22 heavy (non-hydrogen) atoms. The molecule has 120 valence electrons. The molecule has 1 amide bonds. The van der Waals surface area contributed by atoms with E-state index >= 15 is 0 Å². The summed E-state index contributed by atoms with van der Waals surface area (Å²) in [5.74, 6) is -0.602. The Morgan fingerprint density at radius 2 is 2.14 bits per heavy atom. The van der Waals surface area contributed by atoms with Gasteiger partial charge in [0.2, 0.25) is 0 Å². The average molecular weight is 307 g/mol. The molecule has 5 heteroatoms. The van der Waals surface area contributed by atoms with Gasteiger partial charge in [-0.05, 0) is 50.8 Å². The number of halogens is 1. The summed E-state index contributed by atoms with van der Waals surface area (Å²) in [6.07, 6.45) is 4.12. The molecule has 0 radical (unpaired) electrons. The van der Waals surface area contributed by atoms with E-state index in [0.717, 1.165) is 38.3 Å². The Hall–Kier alpha value is -1.91. The summed E-state index contributed by atoms with van der Waals surface area (Å²) in [6, 6.07) is 4.03. The fourth-order valence-electron chi connectivity index (χ4n) is 2.88. The highest BCUT2D eigenvalue weighted by molar-refractivity contribution is 5.96. The first-order valence-corrected chi connectivity index (χ1v) is 7.75. The Morgan fingerprint density at radius 1 is 1.36 bits per heavy atom. The molecule has 0 spiro atoms. The van der Waals surface area contributed by atoms with Crippen LogP contribution in [0, 0.1) is 5.82 Å². The number of amides is 1. The number of hydrogen-bond acceptors (Lipinski definition) is 3. The number of carbonyl (C=O) groups excluding carboxylic acids is 2. The number of hydrogen-bond donors (Lipinski definition) is 0. The van der Waals surface area contributed by atoms with Gasteiger partial charge in [0.15, 0.2) is 12.4 Å². The summed E-state index contributed by atoms with van der Waals surface area (Å²) < 4.78 is 18.7. The summed E-state index contributed by atoms with van der Waals surface area (Å²) in [6.45, 7) is 4.05. The molecule has 1 heterocycles. The van der Waals surface area contributed by atoms with E-state index in [-0.39, 0.29) is 35.7 Å². The van der Waals surface area contributed by atoms with Gasteiger partial charge in [-0.25, -0.2) is 4.39 Å². The fourth-order valence-corrected chi connectivity index (χ4v) is 2.88. The lowest BCUT2D eigenvalue weighted by molar-refractivity contribution is -0.137. The predicted molar refractivity (Wildman–Crippen MR) is 81.5 cm³/mol. The highest BCUT2D eigenvalue weighted by atomic mass is 19.1. The fraction of sp³-hybridized carbons (Fsp3) is 0.529. The first-order valence-electron chi connectivity index (χ1n) is 7.75. The van der Waals surface area contributed by atoms with E-state index < -0.39 is 5.82 Å². The topological polar surface area (TPSA) is 46.6 Å². The molecule has 1 aromatic rings. The summed E-state index contributed by atoms with van der Waals surface area (Å²) in [7, 11) is 0. The van der Waals surface area contributed by atoms with Crippen LogP contribution in [0.15, 0.2) is 18.2 Å². The molecule has 1 fully saturated rings. The van der Waals surface area contributed by atoms with Gasteiger partial charge in [0.05, 0.1) is 5.56 Å². The Labute approximate surface area is 130 Å². The number of ether oxygens (including phenoxy) is 1. The van der Waals surface area contributed by atoms with Gasteiger partial charge < -0.3 is 9.64 Å². The normalized spacial score (nSPS) is 18.1. The van der Waals surface area contributed by atoms with E-state index in [1.165, 1.54) is 19.1 Å². The van der Waals surface area contributed by atoms with Crippen molar-refractivity contribution in [3.8, 4) is 5.75 Å². The average Bonchev–Trinajstić information content (AvgIpc) is 2.53. The van der Waals surface area contributed by atoms with E-state index in [1.807, 2.05) is 4.90 Å². The first kappa shape index (κ1) is 16.5.